The molecule has 0 radical (unpaired) electrons. The molecule has 0 bridgehead atoms. The van der Waals surface area contributed by atoms with Crippen molar-refractivity contribution in [2.24, 2.45) is 5.92 Å². The van der Waals surface area contributed by atoms with Gasteiger partial charge >= 0.3 is 0 Å². The molecule has 2 aromatic carbocycles. The molecule has 1 amide bonds. The van der Waals surface area contributed by atoms with Crippen LogP contribution in [0.5, 0.6) is 0 Å². The Morgan fingerprint density at radius 1 is 1.09 bits per heavy atom. The predicted octanol–water partition coefficient (Wildman–Crippen LogP) is 4.96. The molecule has 1 atom stereocenters. The fraction of sp³-hybridized carbons (Fsp3) is 0.333. The molecule has 0 aliphatic carbocycles. The van der Waals surface area contributed by atoms with E-state index in [-0.39, 0.29) is 11.8 Å². The number of rotatable bonds is 5. The average Bonchev–Trinajstić information content (AvgIpc) is 3.23. The topological polar surface area (TPSA) is 67.2 Å². The van der Waals surface area contributed by atoms with Crippen molar-refractivity contribution in [1.29, 1.82) is 0 Å². The summed E-state index contributed by atoms with van der Waals surface area (Å²) in [6.07, 6.45) is 1.79. The van der Waals surface area contributed by atoms with Crippen molar-refractivity contribution in [3.8, 4) is 5.69 Å². The van der Waals surface area contributed by atoms with Gasteiger partial charge in [-0.3, -0.25) is 4.79 Å². The van der Waals surface area contributed by atoms with Gasteiger partial charge in [-0.15, -0.1) is 5.10 Å². The van der Waals surface area contributed by atoms with E-state index in [9.17, 15) is 4.79 Å². The van der Waals surface area contributed by atoms with Crippen LogP contribution < -0.4 is 4.90 Å². The number of anilines is 1. The predicted molar refractivity (Wildman–Crippen MR) is 139 cm³/mol. The highest BCUT2D eigenvalue weighted by atomic mass is 35.5. The lowest BCUT2D eigenvalue weighted by Crippen LogP contribution is -2.44. The number of carbonyl (C=O) groups excluding carboxylic acids is 1. The van der Waals surface area contributed by atoms with E-state index < -0.39 is 0 Å². The van der Waals surface area contributed by atoms with Gasteiger partial charge in [0.05, 0.1) is 28.4 Å². The minimum Gasteiger partial charge on any atom is -0.352 e. The van der Waals surface area contributed by atoms with Crippen LogP contribution in [0.2, 0.25) is 5.02 Å². The summed E-state index contributed by atoms with van der Waals surface area (Å²) >= 11 is 6.09. The van der Waals surface area contributed by atoms with Crippen LogP contribution in [0.1, 0.15) is 29.8 Å². The van der Waals surface area contributed by atoms with Crippen molar-refractivity contribution in [3.63, 3.8) is 0 Å². The molecule has 1 saturated heterocycles. The molecule has 180 valence electrons. The molecular formula is C27H29ClN6O. The Labute approximate surface area is 210 Å². The first kappa shape index (κ1) is 23.3. The van der Waals surface area contributed by atoms with Gasteiger partial charge in [0.1, 0.15) is 5.52 Å². The Balaban J connectivity index is 1.42. The van der Waals surface area contributed by atoms with E-state index in [1.54, 1.807) is 0 Å². The van der Waals surface area contributed by atoms with Gasteiger partial charge in [0.15, 0.2) is 5.82 Å². The first-order chi connectivity index (χ1) is 16.9. The van der Waals surface area contributed by atoms with Gasteiger partial charge in [0.2, 0.25) is 5.91 Å². The molecule has 1 aliphatic rings. The number of fused-ring (bicyclic) bond motifs is 1. The number of benzene rings is 2. The highest BCUT2D eigenvalue weighted by Crippen LogP contribution is 2.32. The van der Waals surface area contributed by atoms with Crippen molar-refractivity contribution in [1.82, 2.24) is 24.9 Å². The number of amides is 1. The van der Waals surface area contributed by atoms with Crippen molar-refractivity contribution in [3.05, 3.63) is 76.6 Å². The molecule has 4 aromatic rings. The number of aromatic nitrogens is 4. The lowest BCUT2D eigenvalue weighted by molar-refractivity contribution is -0.135. The monoisotopic (exact) mass is 488 g/mol. The SMILES string of the molecule is Cc1nnc(N2CCCC(C(=O)N(C)Cc3ccccc3)C2)c2nn(-c3ccc(Cl)cc3)c(C)c12. The van der Waals surface area contributed by atoms with Gasteiger partial charge in [0.25, 0.3) is 0 Å². The number of piperidine rings is 1. The summed E-state index contributed by atoms with van der Waals surface area (Å²) in [7, 11) is 1.88. The number of nitrogens with zero attached hydrogens (tertiary/aromatic N) is 6. The van der Waals surface area contributed by atoms with Gasteiger partial charge in [0, 0.05) is 31.7 Å². The largest absolute Gasteiger partial charge is 0.352 e. The van der Waals surface area contributed by atoms with E-state index in [1.807, 2.05) is 72.9 Å². The first-order valence-corrected chi connectivity index (χ1v) is 12.3. The van der Waals surface area contributed by atoms with E-state index in [1.165, 1.54) is 0 Å². The van der Waals surface area contributed by atoms with Crippen molar-refractivity contribution < 1.29 is 4.79 Å². The number of halogens is 1. The first-order valence-electron chi connectivity index (χ1n) is 11.9. The number of carbonyl (C=O) groups is 1. The summed E-state index contributed by atoms with van der Waals surface area (Å²) < 4.78 is 1.92. The molecular weight excluding hydrogens is 460 g/mol. The van der Waals surface area contributed by atoms with Crippen LogP contribution in [0, 0.1) is 19.8 Å². The molecule has 2 aromatic heterocycles. The van der Waals surface area contributed by atoms with Crippen molar-refractivity contribution in [2.75, 3.05) is 25.0 Å². The minimum atomic E-state index is -0.0879. The molecule has 3 heterocycles. The van der Waals surface area contributed by atoms with Crippen LogP contribution in [0.25, 0.3) is 16.6 Å². The average molecular weight is 489 g/mol. The van der Waals surface area contributed by atoms with E-state index in [4.69, 9.17) is 16.7 Å². The smallest absolute Gasteiger partial charge is 0.227 e. The highest BCUT2D eigenvalue weighted by Gasteiger charge is 2.31. The van der Waals surface area contributed by atoms with Crippen LogP contribution in [0.15, 0.2) is 54.6 Å². The van der Waals surface area contributed by atoms with Crippen LogP contribution in [0.3, 0.4) is 0 Å². The fourth-order valence-corrected chi connectivity index (χ4v) is 5.10. The van der Waals surface area contributed by atoms with Gasteiger partial charge < -0.3 is 9.80 Å². The molecule has 8 heteroatoms. The number of aryl methyl sites for hydroxylation is 2. The normalized spacial score (nSPS) is 16.0. The van der Waals surface area contributed by atoms with Gasteiger partial charge in [-0.2, -0.15) is 10.2 Å². The molecule has 1 aliphatic heterocycles. The molecule has 0 spiro atoms. The Hall–Kier alpha value is -3.45. The second-order valence-corrected chi connectivity index (χ2v) is 9.71. The lowest BCUT2D eigenvalue weighted by atomic mass is 9.96. The molecule has 0 saturated carbocycles. The van der Waals surface area contributed by atoms with E-state index in [2.05, 4.69) is 27.2 Å². The molecule has 35 heavy (non-hydrogen) atoms. The standard InChI is InChI=1S/C27H29ClN6O/c1-18-24-19(2)34(23-13-11-22(28)12-14-23)31-25(24)26(30-29-18)33-15-7-10-21(17-33)27(35)32(3)16-20-8-5-4-6-9-20/h4-6,8-9,11-14,21H,7,10,15-17H2,1-3H3. The highest BCUT2D eigenvalue weighted by molar-refractivity contribution is 6.30. The van der Waals surface area contributed by atoms with Crippen molar-refractivity contribution >= 4 is 34.2 Å². The van der Waals surface area contributed by atoms with E-state index in [0.717, 1.165) is 58.7 Å². The number of hydrogen-bond acceptors (Lipinski definition) is 5. The zero-order valence-corrected chi connectivity index (χ0v) is 21.0. The van der Waals surface area contributed by atoms with Gasteiger partial charge in [-0.05, 0) is 56.5 Å². The Morgan fingerprint density at radius 2 is 1.83 bits per heavy atom. The fourth-order valence-electron chi connectivity index (χ4n) is 4.98. The summed E-state index contributed by atoms with van der Waals surface area (Å²) in [6, 6.07) is 17.7. The Bertz CT molecular complexity index is 1350. The maximum atomic E-state index is 13.3. The maximum Gasteiger partial charge on any atom is 0.227 e. The summed E-state index contributed by atoms with van der Waals surface area (Å²) in [4.78, 5) is 17.3. The van der Waals surface area contributed by atoms with Crippen LogP contribution in [0.4, 0.5) is 5.82 Å². The number of hydrogen-bond donors (Lipinski definition) is 0. The van der Waals surface area contributed by atoms with Gasteiger partial charge in [-0.1, -0.05) is 41.9 Å². The zero-order valence-electron chi connectivity index (χ0n) is 20.3. The third-order valence-electron chi connectivity index (χ3n) is 6.76. The Kier molecular flexibility index (Phi) is 6.43. The molecule has 1 unspecified atom stereocenters. The molecule has 0 N–H and O–H groups in total. The molecule has 5 rings (SSSR count). The van der Waals surface area contributed by atoms with Crippen LogP contribution in [-0.4, -0.2) is 50.9 Å². The third kappa shape index (κ3) is 4.60. The van der Waals surface area contributed by atoms with E-state index >= 15 is 0 Å². The quantitative estimate of drug-likeness (QED) is 0.397. The maximum absolute atomic E-state index is 13.3. The van der Waals surface area contributed by atoms with Crippen molar-refractivity contribution in [2.45, 2.75) is 33.2 Å². The molecule has 1 fully saturated rings. The summed E-state index contributed by atoms with van der Waals surface area (Å²) in [6.45, 7) is 6.05. The zero-order chi connectivity index (χ0) is 24.5. The summed E-state index contributed by atoms with van der Waals surface area (Å²) in [5.41, 5.74) is 4.72. The molecule has 7 nitrogen and oxygen atoms in total. The van der Waals surface area contributed by atoms with Crippen LogP contribution in [-0.2, 0) is 11.3 Å². The van der Waals surface area contributed by atoms with E-state index in [0.29, 0.717) is 18.1 Å². The summed E-state index contributed by atoms with van der Waals surface area (Å²) in [5, 5.41) is 15.6. The van der Waals surface area contributed by atoms with Gasteiger partial charge in [-0.25, -0.2) is 4.68 Å². The Morgan fingerprint density at radius 3 is 2.57 bits per heavy atom. The second-order valence-electron chi connectivity index (χ2n) is 9.27. The second kappa shape index (κ2) is 9.66. The van der Waals surface area contributed by atoms with Crippen LogP contribution >= 0.6 is 11.6 Å². The minimum absolute atomic E-state index is 0.0879. The lowest BCUT2D eigenvalue weighted by Gasteiger charge is -2.34. The third-order valence-corrected chi connectivity index (χ3v) is 7.02. The summed E-state index contributed by atoms with van der Waals surface area (Å²) in [5.74, 6) is 0.817.